The summed E-state index contributed by atoms with van der Waals surface area (Å²) in [5.41, 5.74) is -1.14. The molecule has 168 valence electrons. The highest BCUT2D eigenvalue weighted by Crippen LogP contribution is 2.12. The number of imidazole rings is 1. The number of carboxylic acid groups (broad SMARTS) is 1. The molecule has 0 aromatic carbocycles. The Kier molecular flexibility index (Phi) is 8.38. The Hall–Kier alpha value is -3.11. The highest BCUT2D eigenvalue weighted by molar-refractivity contribution is 5.84. The van der Waals surface area contributed by atoms with E-state index in [1.165, 1.54) is 12.5 Å². The molecule has 11 nitrogen and oxygen atoms in total. The molecule has 1 rings (SSSR count). The molecular weight excluding hydrogens is 396 g/mol. The molecule has 11 heteroatoms. The van der Waals surface area contributed by atoms with Crippen LogP contribution in [0.3, 0.4) is 0 Å². The van der Waals surface area contributed by atoms with Gasteiger partial charge in [0, 0.05) is 25.6 Å². The predicted molar refractivity (Wildman–Crippen MR) is 106 cm³/mol. The first-order valence-electron chi connectivity index (χ1n) is 9.41. The van der Waals surface area contributed by atoms with E-state index in [0.717, 1.165) is 4.57 Å². The monoisotopic (exact) mass is 426 g/mol. The fourth-order valence-electron chi connectivity index (χ4n) is 2.22. The van der Waals surface area contributed by atoms with E-state index in [0.29, 0.717) is 0 Å². The Labute approximate surface area is 175 Å². The van der Waals surface area contributed by atoms with Crippen LogP contribution in [0.2, 0.25) is 0 Å². The smallest absolute Gasteiger partial charge is 0.420 e. The normalized spacial score (nSPS) is 12.6. The summed E-state index contributed by atoms with van der Waals surface area (Å²) >= 11 is 0. The molecule has 1 heterocycles. The van der Waals surface area contributed by atoms with E-state index in [4.69, 9.17) is 9.47 Å². The van der Waals surface area contributed by atoms with Crippen molar-refractivity contribution in [2.24, 2.45) is 0 Å². The largest absolute Gasteiger partial charge is 0.480 e. The van der Waals surface area contributed by atoms with Crippen molar-refractivity contribution in [3.05, 3.63) is 18.2 Å². The molecule has 1 atom stereocenters. The van der Waals surface area contributed by atoms with E-state index in [-0.39, 0.29) is 25.1 Å². The van der Waals surface area contributed by atoms with Gasteiger partial charge < -0.3 is 25.2 Å². The summed E-state index contributed by atoms with van der Waals surface area (Å²) in [4.78, 5) is 51.3. The van der Waals surface area contributed by atoms with Gasteiger partial charge in [0.05, 0.1) is 5.69 Å². The molecule has 0 aliphatic heterocycles. The molecule has 1 aromatic heterocycles. The fraction of sp³-hybridized carbons (Fsp3) is 0.632. The third-order valence-electron chi connectivity index (χ3n) is 3.37. The van der Waals surface area contributed by atoms with Gasteiger partial charge in [-0.15, -0.1) is 0 Å². The molecule has 1 aromatic rings. The first-order valence-corrected chi connectivity index (χ1v) is 9.41. The molecule has 1 unspecified atom stereocenters. The van der Waals surface area contributed by atoms with E-state index in [1.807, 2.05) is 0 Å². The Bertz CT molecular complexity index is 775. The summed E-state index contributed by atoms with van der Waals surface area (Å²) < 4.78 is 11.4. The minimum Gasteiger partial charge on any atom is -0.480 e. The molecule has 0 bridgehead atoms. The van der Waals surface area contributed by atoms with Gasteiger partial charge in [-0.2, -0.15) is 0 Å². The predicted octanol–water partition coefficient (Wildman–Crippen LogP) is 1.69. The summed E-state index contributed by atoms with van der Waals surface area (Å²) in [6.45, 7) is 10.2. The number of nitrogens with zero attached hydrogens (tertiary/aromatic N) is 2. The van der Waals surface area contributed by atoms with E-state index in [2.05, 4.69) is 15.6 Å². The van der Waals surface area contributed by atoms with Crippen molar-refractivity contribution in [2.45, 2.75) is 71.6 Å². The molecule has 0 spiro atoms. The van der Waals surface area contributed by atoms with Gasteiger partial charge in [0.25, 0.3) is 0 Å². The second-order valence-corrected chi connectivity index (χ2v) is 8.58. The minimum absolute atomic E-state index is 0.0249. The molecule has 0 saturated heterocycles. The maximum Gasteiger partial charge on any atom is 0.420 e. The van der Waals surface area contributed by atoms with Crippen molar-refractivity contribution < 1.29 is 33.8 Å². The van der Waals surface area contributed by atoms with Gasteiger partial charge in [0.2, 0.25) is 5.91 Å². The number of alkyl carbamates (subject to hydrolysis) is 1. The summed E-state index contributed by atoms with van der Waals surface area (Å²) in [7, 11) is 0. The average molecular weight is 426 g/mol. The molecule has 0 aliphatic rings. The number of aromatic nitrogens is 2. The van der Waals surface area contributed by atoms with Gasteiger partial charge in [-0.1, -0.05) is 0 Å². The molecular formula is C19H30N4O7. The van der Waals surface area contributed by atoms with Crippen LogP contribution in [-0.4, -0.2) is 62.5 Å². The van der Waals surface area contributed by atoms with Gasteiger partial charge >= 0.3 is 18.2 Å². The lowest BCUT2D eigenvalue weighted by molar-refractivity contribution is -0.141. The van der Waals surface area contributed by atoms with Crippen molar-refractivity contribution >= 4 is 24.1 Å². The van der Waals surface area contributed by atoms with Gasteiger partial charge in [-0.25, -0.2) is 23.9 Å². The van der Waals surface area contributed by atoms with Crippen molar-refractivity contribution in [2.75, 3.05) is 6.54 Å². The highest BCUT2D eigenvalue weighted by atomic mass is 16.6. The maximum atomic E-state index is 12.2. The van der Waals surface area contributed by atoms with Crippen molar-refractivity contribution in [1.82, 2.24) is 20.2 Å². The summed E-state index contributed by atoms with van der Waals surface area (Å²) in [5, 5.41) is 14.2. The van der Waals surface area contributed by atoms with Crippen molar-refractivity contribution in [3.8, 4) is 0 Å². The number of rotatable bonds is 7. The topological polar surface area (TPSA) is 149 Å². The Balaban J connectivity index is 2.65. The number of amides is 2. The van der Waals surface area contributed by atoms with Crippen LogP contribution in [0.1, 0.15) is 53.7 Å². The number of nitrogens with one attached hydrogen (secondary N) is 2. The average Bonchev–Trinajstić information content (AvgIpc) is 2.99. The molecule has 0 saturated carbocycles. The molecule has 30 heavy (non-hydrogen) atoms. The molecule has 0 aliphatic carbocycles. The second kappa shape index (κ2) is 10.1. The number of hydrogen-bond donors (Lipinski definition) is 3. The van der Waals surface area contributed by atoms with Crippen LogP contribution in [0.15, 0.2) is 12.5 Å². The lowest BCUT2D eigenvalue weighted by atomic mass is 10.1. The van der Waals surface area contributed by atoms with Gasteiger partial charge in [-0.05, 0) is 41.5 Å². The second-order valence-electron chi connectivity index (χ2n) is 8.58. The first-order chi connectivity index (χ1) is 13.7. The molecule has 3 N–H and O–H groups in total. The van der Waals surface area contributed by atoms with Gasteiger partial charge in [-0.3, -0.25) is 4.79 Å². The van der Waals surface area contributed by atoms with Crippen LogP contribution >= 0.6 is 0 Å². The number of ether oxygens (including phenoxy) is 2. The Morgan fingerprint density at radius 1 is 1.10 bits per heavy atom. The maximum absolute atomic E-state index is 12.2. The van der Waals surface area contributed by atoms with Crippen LogP contribution in [-0.2, 0) is 25.5 Å². The number of carboxylic acids is 1. The summed E-state index contributed by atoms with van der Waals surface area (Å²) in [6.07, 6.45) is 0.845. The zero-order valence-corrected chi connectivity index (χ0v) is 18.1. The standard InChI is InChI=1S/C19H30N4O7/c1-18(2,3)29-16(27)21-8-7-14(24)22-13(15(25)26)9-12-10-20-11-23(12)17(28)30-19(4,5)6/h10-11,13H,7-9H2,1-6H3,(H,21,27)(H,22,24)(H,25,26). The number of carbonyl (C=O) groups excluding carboxylic acids is 3. The molecule has 0 fully saturated rings. The molecule has 0 radical (unpaired) electrons. The SMILES string of the molecule is CC(C)(C)OC(=O)NCCC(=O)NC(Cc1cncn1C(=O)OC(C)(C)C)C(=O)O. The van der Waals surface area contributed by atoms with E-state index in [1.54, 1.807) is 41.5 Å². The van der Waals surface area contributed by atoms with E-state index in [9.17, 15) is 24.3 Å². The first kappa shape index (κ1) is 24.9. The van der Waals surface area contributed by atoms with Crippen LogP contribution < -0.4 is 10.6 Å². The summed E-state index contributed by atoms with van der Waals surface area (Å²) in [5.74, 6) is -1.86. The Morgan fingerprint density at radius 2 is 1.70 bits per heavy atom. The zero-order chi connectivity index (χ0) is 23.1. The number of hydrogen-bond acceptors (Lipinski definition) is 7. The third kappa shape index (κ3) is 9.39. The number of aliphatic carboxylic acids is 1. The van der Waals surface area contributed by atoms with Gasteiger partial charge in [0.1, 0.15) is 23.6 Å². The fourth-order valence-corrected chi connectivity index (χ4v) is 2.22. The van der Waals surface area contributed by atoms with Crippen LogP contribution in [0.25, 0.3) is 0 Å². The molecule has 2 amide bonds. The quantitative estimate of drug-likeness (QED) is 0.596. The number of carbonyl (C=O) groups is 4. The van der Waals surface area contributed by atoms with Crippen LogP contribution in [0, 0.1) is 0 Å². The van der Waals surface area contributed by atoms with E-state index < -0.39 is 41.3 Å². The zero-order valence-electron chi connectivity index (χ0n) is 18.1. The Morgan fingerprint density at radius 3 is 2.23 bits per heavy atom. The minimum atomic E-state index is -1.29. The highest BCUT2D eigenvalue weighted by Gasteiger charge is 2.25. The van der Waals surface area contributed by atoms with Crippen LogP contribution in [0.5, 0.6) is 0 Å². The lowest BCUT2D eigenvalue weighted by Gasteiger charge is -2.21. The van der Waals surface area contributed by atoms with E-state index >= 15 is 0 Å². The third-order valence-corrected chi connectivity index (χ3v) is 3.37. The summed E-state index contributed by atoms with van der Waals surface area (Å²) in [6, 6.07) is -1.29. The lowest BCUT2D eigenvalue weighted by Crippen LogP contribution is -2.44. The van der Waals surface area contributed by atoms with Crippen molar-refractivity contribution in [1.29, 1.82) is 0 Å². The van der Waals surface area contributed by atoms with Crippen LogP contribution in [0.4, 0.5) is 9.59 Å². The van der Waals surface area contributed by atoms with Gasteiger partial charge in [0.15, 0.2) is 0 Å². The van der Waals surface area contributed by atoms with Crippen molar-refractivity contribution in [3.63, 3.8) is 0 Å².